The summed E-state index contributed by atoms with van der Waals surface area (Å²) in [6.45, 7) is 2.83. The molecule has 0 saturated carbocycles. The van der Waals surface area contributed by atoms with Gasteiger partial charge in [0.15, 0.2) is 0 Å². The van der Waals surface area contributed by atoms with Gasteiger partial charge in [-0.1, -0.05) is 0 Å². The number of hydrogen-bond donors (Lipinski definition) is 3. The number of hydrogen-bond acceptors (Lipinski definition) is 8. The van der Waals surface area contributed by atoms with Crippen LogP contribution in [0.25, 0.3) is 0 Å². The Labute approximate surface area is 229 Å². The largest absolute Gasteiger partial charge is 0.496 e. The zero-order valence-corrected chi connectivity index (χ0v) is 23.7. The number of thioether (sulfide) groups is 1. The van der Waals surface area contributed by atoms with Crippen molar-refractivity contribution < 1.29 is 33.4 Å². The molecule has 1 saturated heterocycles. The van der Waals surface area contributed by atoms with Crippen LogP contribution in [0.2, 0.25) is 0 Å². The zero-order chi connectivity index (χ0) is 27.9. The lowest BCUT2D eigenvalue weighted by Crippen LogP contribution is -2.30. The maximum absolute atomic E-state index is 12.4. The highest BCUT2D eigenvalue weighted by molar-refractivity contribution is 8.00. The molecule has 0 aromatic heterocycles. The highest BCUT2D eigenvalue weighted by Gasteiger charge is 2.28. The predicted octanol–water partition coefficient (Wildman–Crippen LogP) is 2.61. The molecule has 212 valence electrons. The summed E-state index contributed by atoms with van der Waals surface area (Å²) in [5, 5.41) is 8.64. The van der Waals surface area contributed by atoms with Crippen LogP contribution < -0.4 is 30.2 Å². The Kier molecular flexibility index (Phi) is 13.8. The quantitative estimate of drug-likeness (QED) is 0.252. The van der Waals surface area contributed by atoms with Gasteiger partial charge < -0.3 is 30.2 Å². The van der Waals surface area contributed by atoms with E-state index in [0.29, 0.717) is 48.8 Å². The number of Topliss-reactive ketones (excluding diaryl/α,β-unsaturated/α-hetero) is 1. The smallest absolute Gasteiger partial charge is 0.220 e. The lowest BCUT2D eigenvalue weighted by atomic mass is 10.0. The topological polar surface area (TPSA) is 132 Å². The van der Waals surface area contributed by atoms with Crippen molar-refractivity contribution in [1.29, 1.82) is 0 Å². The molecule has 11 heteroatoms. The van der Waals surface area contributed by atoms with Crippen LogP contribution in [0.5, 0.6) is 17.2 Å². The summed E-state index contributed by atoms with van der Waals surface area (Å²) in [5.41, 5.74) is 0.686. The Bertz CT molecular complexity index is 932. The van der Waals surface area contributed by atoms with Crippen molar-refractivity contribution in [2.75, 3.05) is 40.2 Å². The number of carbonyl (C=O) groups is 4. The van der Waals surface area contributed by atoms with Crippen LogP contribution in [0.3, 0.4) is 0 Å². The Morgan fingerprint density at radius 1 is 0.921 bits per heavy atom. The maximum Gasteiger partial charge on any atom is 0.220 e. The van der Waals surface area contributed by atoms with Crippen LogP contribution in [0.4, 0.5) is 0 Å². The lowest BCUT2D eigenvalue weighted by Gasteiger charge is -2.16. The first-order valence-electron chi connectivity index (χ1n) is 13.0. The third-order valence-corrected chi connectivity index (χ3v) is 7.80. The van der Waals surface area contributed by atoms with Crippen LogP contribution in [-0.4, -0.2) is 68.9 Å². The first kappa shape index (κ1) is 31.3. The Balaban J connectivity index is 1.73. The van der Waals surface area contributed by atoms with Crippen molar-refractivity contribution >= 4 is 35.3 Å². The van der Waals surface area contributed by atoms with Crippen molar-refractivity contribution in [2.45, 2.75) is 63.7 Å². The van der Waals surface area contributed by atoms with Gasteiger partial charge in [0.2, 0.25) is 17.7 Å². The van der Waals surface area contributed by atoms with Crippen molar-refractivity contribution in [3.63, 3.8) is 0 Å². The first-order chi connectivity index (χ1) is 18.3. The van der Waals surface area contributed by atoms with Gasteiger partial charge in [0, 0.05) is 61.9 Å². The van der Waals surface area contributed by atoms with Gasteiger partial charge in [-0.15, -0.1) is 0 Å². The fraction of sp³-hybridized carbons (Fsp3) is 0.630. The normalized spacial score (nSPS) is 16.4. The minimum absolute atomic E-state index is 0.00579. The van der Waals surface area contributed by atoms with Crippen molar-refractivity contribution in [2.24, 2.45) is 5.92 Å². The monoisotopic (exact) mass is 551 g/mol. The van der Waals surface area contributed by atoms with Gasteiger partial charge in [0.05, 0.1) is 32.9 Å². The van der Waals surface area contributed by atoms with Gasteiger partial charge in [-0.3, -0.25) is 19.2 Å². The predicted molar refractivity (Wildman–Crippen MR) is 147 cm³/mol. The molecule has 38 heavy (non-hydrogen) atoms. The molecule has 2 atom stereocenters. The third-order valence-electron chi connectivity index (χ3n) is 6.38. The average molecular weight is 552 g/mol. The van der Waals surface area contributed by atoms with E-state index in [0.717, 1.165) is 25.0 Å². The lowest BCUT2D eigenvalue weighted by molar-refractivity contribution is -0.123. The van der Waals surface area contributed by atoms with E-state index in [9.17, 15) is 19.2 Å². The van der Waals surface area contributed by atoms with Gasteiger partial charge in [-0.25, -0.2) is 0 Å². The standard InChI is InChI=1S/C27H41N3O7S/c1-18(31)19-12-21(38-17-19)15-29-26(33)9-7-10-27(34)30-16-22-23(35-3)13-20(14-24(22)36-4)37-11-6-5-8-25(32)28-2/h13-14,19,21H,5-12,15-17H2,1-4H3,(H,28,32)(H,29,33)(H,30,34). The van der Waals surface area contributed by atoms with Crippen LogP contribution >= 0.6 is 11.8 Å². The zero-order valence-electron chi connectivity index (χ0n) is 22.9. The first-order valence-corrected chi connectivity index (χ1v) is 14.1. The van der Waals surface area contributed by atoms with Gasteiger partial charge in [-0.05, 0) is 32.6 Å². The molecule has 1 heterocycles. The molecule has 0 bridgehead atoms. The van der Waals surface area contributed by atoms with Gasteiger partial charge in [0.25, 0.3) is 0 Å². The van der Waals surface area contributed by atoms with Crippen LogP contribution in [0.15, 0.2) is 12.1 Å². The Morgan fingerprint density at radius 3 is 2.13 bits per heavy atom. The highest BCUT2D eigenvalue weighted by atomic mass is 32.2. The van der Waals surface area contributed by atoms with Gasteiger partial charge in [-0.2, -0.15) is 11.8 Å². The molecule has 1 fully saturated rings. The number of unbranched alkanes of at least 4 members (excludes halogenated alkanes) is 1. The van der Waals surface area contributed by atoms with E-state index in [2.05, 4.69) is 16.0 Å². The van der Waals surface area contributed by atoms with Crippen molar-refractivity contribution in [3.05, 3.63) is 17.7 Å². The molecule has 3 N–H and O–H groups in total. The number of methoxy groups -OCH3 is 2. The molecule has 1 aliphatic rings. The minimum Gasteiger partial charge on any atom is -0.496 e. The molecule has 2 rings (SSSR count). The van der Waals surface area contributed by atoms with Gasteiger partial charge >= 0.3 is 0 Å². The average Bonchev–Trinajstić information content (AvgIpc) is 3.39. The fourth-order valence-electron chi connectivity index (χ4n) is 4.05. The van der Waals surface area contributed by atoms with E-state index < -0.39 is 0 Å². The summed E-state index contributed by atoms with van der Waals surface area (Å²) < 4.78 is 16.8. The number of amides is 3. The molecule has 0 aliphatic carbocycles. The second-order valence-electron chi connectivity index (χ2n) is 9.22. The molecule has 0 spiro atoms. The molecular formula is C27H41N3O7S. The molecular weight excluding hydrogens is 510 g/mol. The summed E-state index contributed by atoms with van der Waals surface area (Å²) in [4.78, 5) is 47.3. The molecule has 10 nitrogen and oxygen atoms in total. The number of ether oxygens (including phenoxy) is 3. The number of rotatable bonds is 17. The minimum atomic E-state index is -0.172. The van der Waals surface area contributed by atoms with E-state index in [-0.39, 0.29) is 54.1 Å². The van der Waals surface area contributed by atoms with Crippen molar-refractivity contribution in [1.82, 2.24) is 16.0 Å². The van der Waals surface area contributed by atoms with E-state index in [4.69, 9.17) is 14.2 Å². The van der Waals surface area contributed by atoms with E-state index in [1.54, 1.807) is 37.9 Å². The summed E-state index contributed by atoms with van der Waals surface area (Å²) in [6, 6.07) is 3.49. The second kappa shape index (κ2) is 16.8. The highest BCUT2D eigenvalue weighted by Crippen LogP contribution is 2.34. The van der Waals surface area contributed by atoms with E-state index >= 15 is 0 Å². The summed E-state index contributed by atoms with van der Waals surface area (Å²) >= 11 is 1.73. The van der Waals surface area contributed by atoms with Crippen LogP contribution in [0.1, 0.15) is 57.4 Å². The number of nitrogens with one attached hydrogen (secondary N) is 3. The maximum atomic E-state index is 12.4. The molecule has 1 aromatic carbocycles. The number of benzene rings is 1. The van der Waals surface area contributed by atoms with E-state index in [1.165, 1.54) is 14.2 Å². The molecule has 2 unspecified atom stereocenters. The Hall–Kier alpha value is -2.95. The Morgan fingerprint density at radius 2 is 1.55 bits per heavy atom. The van der Waals surface area contributed by atoms with Gasteiger partial charge in [0.1, 0.15) is 23.0 Å². The second-order valence-corrected chi connectivity index (χ2v) is 10.6. The third kappa shape index (κ3) is 10.8. The number of carbonyl (C=O) groups excluding carboxylic acids is 4. The molecule has 1 aromatic rings. The van der Waals surface area contributed by atoms with Crippen LogP contribution in [-0.2, 0) is 25.7 Å². The summed E-state index contributed by atoms with van der Waals surface area (Å²) in [7, 11) is 4.69. The SMILES string of the molecule is CNC(=O)CCCCOc1cc(OC)c(CNC(=O)CCCC(=O)NCC2CC(C(C)=O)CS2)c(OC)c1. The van der Waals surface area contributed by atoms with Crippen molar-refractivity contribution in [3.8, 4) is 17.2 Å². The fourth-order valence-corrected chi connectivity index (χ4v) is 5.50. The molecule has 1 aliphatic heterocycles. The van der Waals surface area contributed by atoms with Crippen LogP contribution in [0, 0.1) is 5.92 Å². The molecule has 0 radical (unpaired) electrons. The summed E-state index contributed by atoms with van der Waals surface area (Å²) in [5.74, 6) is 2.51. The summed E-state index contributed by atoms with van der Waals surface area (Å²) in [6.07, 6.45) is 3.64. The molecule has 3 amide bonds. The van der Waals surface area contributed by atoms with E-state index in [1.807, 2.05) is 0 Å². The number of ketones is 1.